The van der Waals surface area contributed by atoms with Gasteiger partial charge in [0.1, 0.15) is 5.65 Å². The molecule has 132 valence electrons. The monoisotopic (exact) mass is 359 g/mol. The summed E-state index contributed by atoms with van der Waals surface area (Å²) in [5.41, 5.74) is 4.57. The van der Waals surface area contributed by atoms with Gasteiger partial charge in [-0.2, -0.15) is 4.39 Å². The first-order valence-electron chi connectivity index (χ1n) is 8.12. The lowest BCUT2D eigenvalue weighted by Crippen LogP contribution is -2.07. The number of hydrogen-bond acceptors (Lipinski definition) is 4. The van der Waals surface area contributed by atoms with Crippen molar-refractivity contribution in [2.45, 2.75) is 0 Å². The fraction of sp³-hybridized carbons (Fsp3) is 0. The fourth-order valence-corrected chi connectivity index (χ4v) is 2.79. The minimum Gasteiger partial charge on any atom is -0.346 e. The zero-order chi connectivity index (χ0) is 18.8. The molecule has 0 atom stereocenters. The summed E-state index contributed by atoms with van der Waals surface area (Å²) in [7, 11) is 0. The highest BCUT2D eigenvalue weighted by Gasteiger charge is 2.10. The van der Waals surface area contributed by atoms with E-state index in [1.54, 1.807) is 24.7 Å². The summed E-state index contributed by atoms with van der Waals surface area (Å²) in [5.74, 6) is -0.832. The van der Waals surface area contributed by atoms with Crippen molar-refractivity contribution in [2.75, 3.05) is 5.32 Å². The predicted octanol–water partition coefficient (Wildman–Crippen LogP) is 3.95. The number of aromatic amines is 1. The number of hydrogen-bond donors (Lipinski definition) is 2. The standard InChI is InChI=1S/C20H14FN5O/c1-2-19(27)26-15-5-13(7-22-10-15)14-6-16-17(11-25-20(16)24-9-14)12-3-4-18(21)23-8-12/h2-11H,1H2,(H,24,25)(H,26,27). The minimum absolute atomic E-state index is 0.306. The van der Waals surface area contributed by atoms with E-state index in [4.69, 9.17) is 0 Å². The average molecular weight is 359 g/mol. The summed E-state index contributed by atoms with van der Waals surface area (Å²) < 4.78 is 13.1. The van der Waals surface area contributed by atoms with Crippen molar-refractivity contribution < 1.29 is 9.18 Å². The Morgan fingerprint density at radius 2 is 1.89 bits per heavy atom. The Balaban J connectivity index is 1.76. The second-order valence-corrected chi connectivity index (χ2v) is 5.85. The number of amides is 1. The maximum Gasteiger partial charge on any atom is 0.247 e. The molecular formula is C20H14FN5O. The van der Waals surface area contributed by atoms with Crippen molar-refractivity contribution in [1.82, 2.24) is 19.9 Å². The van der Waals surface area contributed by atoms with E-state index in [2.05, 4.69) is 31.8 Å². The molecule has 4 aromatic heterocycles. The molecule has 0 aliphatic rings. The summed E-state index contributed by atoms with van der Waals surface area (Å²) in [5, 5.41) is 3.56. The number of H-pyrrole nitrogens is 1. The highest BCUT2D eigenvalue weighted by molar-refractivity contribution is 5.99. The van der Waals surface area contributed by atoms with E-state index < -0.39 is 5.95 Å². The summed E-state index contributed by atoms with van der Waals surface area (Å²) in [6.07, 6.45) is 9.47. The Morgan fingerprint density at radius 1 is 1.07 bits per heavy atom. The van der Waals surface area contributed by atoms with Crippen LogP contribution in [0.3, 0.4) is 0 Å². The molecule has 0 saturated carbocycles. The van der Waals surface area contributed by atoms with E-state index in [-0.39, 0.29) is 5.91 Å². The molecule has 1 amide bonds. The van der Waals surface area contributed by atoms with Gasteiger partial charge in [0.05, 0.1) is 11.9 Å². The number of fused-ring (bicyclic) bond motifs is 1. The van der Waals surface area contributed by atoms with Crippen molar-refractivity contribution >= 4 is 22.6 Å². The number of carbonyl (C=O) groups is 1. The van der Waals surface area contributed by atoms with E-state index in [1.165, 1.54) is 18.3 Å². The van der Waals surface area contributed by atoms with Crippen LogP contribution in [0.5, 0.6) is 0 Å². The van der Waals surface area contributed by atoms with E-state index in [0.29, 0.717) is 11.3 Å². The van der Waals surface area contributed by atoms with Crippen LogP contribution >= 0.6 is 0 Å². The Hall–Kier alpha value is -3.87. The lowest BCUT2D eigenvalue weighted by Gasteiger charge is -2.06. The molecule has 4 rings (SSSR count). The molecule has 27 heavy (non-hydrogen) atoms. The summed E-state index contributed by atoms with van der Waals surface area (Å²) in [4.78, 5) is 26.9. The molecule has 4 heterocycles. The highest BCUT2D eigenvalue weighted by atomic mass is 19.1. The number of pyridine rings is 3. The van der Waals surface area contributed by atoms with Gasteiger partial charge in [-0.1, -0.05) is 6.58 Å². The zero-order valence-corrected chi connectivity index (χ0v) is 14.1. The van der Waals surface area contributed by atoms with Crippen LogP contribution < -0.4 is 5.32 Å². The molecule has 0 aliphatic carbocycles. The number of nitrogens with one attached hydrogen (secondary N) is 2. The largest absolute Gasteiger partial charge is 0.346 e. The van der Waals surface area contributed by atoms with Crippen LogP contribution in [0.25, 0.3) is 33.3 Å². The van der Waals surface area contributed by atoms with Gasteiger partial charge in [-0.25, -0.2) is 9.97 Å². The number of rotatable bonds is 4. The molecule has 0 bridgehead atoms. The van der Waals surface area contributed by atoms with Crippen molar-refractivity contribution in [3.63, 3.8) is 0 Å². The van der Waals surface area contributed by atoms with Crippen molar-refractivity contribution in [3.8, 4) is 22.3 Å². The smallest absolute Gasteiger partial charge is 0.247 e. The SMILES string of the molecule is C=CC(=O)Nc1cncc(-c2cnc3[nH]cc(-c4ccc(F)nc4)c3c2)c1. The van der Waals surface area contributed by atoms with Gasteiger partial charge < -0.3 is 10.3 Å². The minimum atomic E-state index is -0.526. The van der Waals surface area contributed by atoms with Gasteiger partial charge in [0, 0.05) is 52.4 Å². The third kappa shape index (κ3) is 3.30. The van der Waals surface area contributed by atoms with E-state index in [0.717, 1.165) is 27.6 Å². The summed E-state index contributed by atoms with van der Waals surface area (Å²) >= 11 is 0. The van der Waals surface area contributed by atoms with Crippen LogP contribution in [-0.2, 0) is 4.79 Å². The van der Waals surface area contributed by atoms with Gasteiger partial charge in [0.2, 0.25) is 11.9 Å². The molecule has 0 aromatic carbocycles. The number of anilines is 1. The topological polar surface area (TPSA) is 83.6 Å². The van der Waals surface area contributed by atoms with E-state index in [1.807, 2.05) is 18.3 Å². The first-order valence-corrected chi connectivity index (χ1v) is 8.12. The van der Waals surface area contributed by atoms with Crippen molar-refractivity contribution in [3.05, 3.63) is 73.9 Å². The first-order chi connectivity index (χ1) is 13.1. The Bertz CT molecular complexity index is 1150. The van der Waals surface area contributed by atoms with Crippen LogP contribution in [0.15, 0.2) is 67.9 Å². The number of halogens is 1. The Morgan fingerprint density at radius 3 is 2.67 bits per heavy atom. The van der Waals surface area contributed by atoms with Gasteiger partial charge in [0.25, 0.3) is 0 Å². The molecule has 0 fully saturated rings. The second-order valence-electron chi connectivity index (χ2n) is 5.85. The van der Waals surface area contributed by atoms with Gasteiger partial charge in [-0.05, 0) is 30.3 Å². The maximum absolute atomic E-state index is 13.1. The van der Waals surface area contributed by atoms with Gasteiger partial charge >= 0.3 is 0 Å². The highest BCUT2D eigenvalue weighted by Crippen LogP contribution is 2.31. The Labute approximate surface area is 153 Å². The zero-order valence-electron chi connectivity index (χ0n) is 14.1. The molecule has 4 aromatic rings. The van der Waals surface area contributed by atoms with Crippen LogP contribution in [0.2, 0.25) is 0 Å². The average Bonchev–Trinajstić information content (AvgIpc) is 3.12. The first kappa shape index (κ1) is 16.6. The summed E-state index contributed by atoms with van der Waals surface area (Å²) in [6, 6.07) is 6.77. The predicted molar refractivity (Wildman–Crippen MR) is 101 cm³/mol. The van der Waals surface area contributed by atoms with Crippen molar-refractivity contribution in [2.24, 2.45) is 0 Å². The fourth-order valence-electron chi connectivity index (χ4n) is 2.79. The Kier molecular flexibility index (Phi) is 4.18. The number of carbonyl (C=O) groups excluding carboxylic acids is 1. The van der Waals surface area contributed by atoms with Crippen LogP contribution in [-0.4, -0.2) is 25.8 Å². The van der Waals surface area contributed by atoms with Gasteiger partial charge in [-0.15, -0.1) is 0 Å². The molecule has 7 heteroatoms. The second kappa shape index (κ2) is 6.80. The molecule has 0 radical (unpaired) electrons. The van der Waals surface area contributed by atoms with E-state index in [9.17, 15) is 9.18 Å². The number of nitrogens with zero attached hydrogens (tertiary/aromatic N) is 3. The molecular weight excluding hydrogens is 345 g/mol. The maximum atomic E-state index is 13.1. The molecule has 6 nitrogen and oxygen atoms in total. The van der Waals surface area contributed by atoms with Crippen LogP contribution in [0, 0.1) is 5.95 Å². The van der Waals surface area contributed by atoms with E-state index >= 15 is 0 Å². The molecule has 0 unspecified atom stereocenters. The third-order valence-electron chi connectivity index (χ3n) is 4.09. The molecule has 0 spiro atoms. The number of aromatic nitrogens is 4. The van der Waals surface area contributed by atoms with Crippen LogP contribution in [0.1, 0.15) is 0 Å². The molecule has 2 N–H and O–H groups in total. The quantitative estimate of drug-likeness (QED) is 0.427. The summed E-state index contributed by atoms with van der Waals surface area (Å²) in [6.45, 7) is 3.44. The lowest BCUT2D eigenvalue weighted by atomic mass is 10.0. The van der Waals surface area contributed by atoms with Gasteiger partial charge in [0.15, 0.2) is 0 Å². The third-order valence-corrected chi connectivity index (χ3v) is 4.09. The normalized spacial score (nSPS) is 10.7. The molecule has 0 aliphatic heterocycles. The van der Waals surface area contributed by atoms with Crippen LogP contribution in [0.4, 0.5) is 10.1 Å². The van der Waals surface area contributed by atoms with Crippen molar-refractivity contribution in [1.29, 1.82) is 0 Å². The molecule has 0 saturated heterocycles. The lowest BCUT2D eigenvalue weighted by molar-refractivity contribution is -0.111. The van der Waals surface area contributed by atoms with Gasteiger partial charge in [-0.3, -0.25) is 9.78 Å².